The summed E-state index contributed by atoms with van der Waals surface area (Å²) in [4.78, 5) is 26.9. The van der Waals surface area contributed by atoms with Crippen LogP contribution in [0, 0.1) is 5.92 Å². The molecule has 100 valence electrons. The number of nitrogens with two attached hydrogens (primary N) is 1. The lowest BCUT2D eigenvalue weighted by Gasteiger charge is -2.35. The SMILES string of the molecule is COC(=O)N1CCN(C(=O)C2C=CC(N)C2)CC1. The first-order valence-corrected chi connectivity index (χ1v) is 6.17. The maximum absolute atomic E-state index is 12.2. The number of rotatable bonds is 1. The molecule has 0 aromatic carbocycles. The molecule has 6 heteroatoms. The van der Waals surface area contributed by atoms with Crippen LogP contribution >= 0.6 is 0 Å². The number of carbonyl (C=O) groups is 2. The Morgan fingerprint density at radius 2 is 1.78 bits per heavy atom. The number of methoxy groups -OCH3 is 1. The van der Waals surface area contributed by atoms with Crippen LogP contribution in [0.25, 0.3) is 0 Å². The molecule has 2 atom stereocenters. The average Bonchev–Trinajstić information content (AvgIpc) is 2.84. The third-order valence-corrected chi connectivity index (χ3v) is 3.46. The molecule has 6 nitrogen and oxygen atoms in total. The van der Waals surface area contributed by atoms with E-state index in [0.29, 0.717) is 32.6 Å². The van der Waals surface area contributed by atoms with Gasteiger partial charge in [0, 0.05) is 32.2 Å². The van der Waals surface area contributed by atoms with Gasteiger partial charge in [-0.05, 0) is 6.42 Å². The summed E-state index contributed by atoms with van der Waals surface area (Å²) < 4.78 is 4.66. The molecule has 2 aliphatic rings. The lowest BCUT2D eigenvalue weighted by Crippen LogP contribution is -2.51. The second-order valence-corrected chi connectivity index (χ2v) is 4.67. The summed E-state index contributed by atoms with van der Waals surface area (Å²) in [6.07, 6.45) is 4.13. The first kappa shape index (κ1) is 12.9. The highest BCUT2D eigenvalue weighted by atomic mass is 16.5. The van der Waals surface area contributed by atoms with Crippen LogP contribution in [-0.4, -0.2) is 61.1 Å². The lowest BCUT2D eigenvalue weighted by atomic mass is 10.1. The Morgan fingerprint density at radius 3 is 2.28 bits per heavy atom. The van der Waals surface area contributed by atoms with Crippen LogP contribution < -0.4 is 5.73 Å². The van der Waals surface area contributed by atoms with Gasteiger partial charge in [-0.25, -0.2) is 4.79 Å². The fourth-order valence-corrected chi connectivity index (χ4v) is 2.38. The molecule has 0 radical (unpaired) electrons. The van der Waals surface area contributed by atoms with Crippen LogP contribution in [0.5, 0.6) is 0 Å². The van der Waals surface area contributed by atoms with Gasteiger partial charge in [0.05, 0.1) is 13.0 Å². The summed E-state index contributed by atoms with van der Waals surface area (Å²) >= 11 is 0. The molecular formula is C12H19N3O3. The molecular weight excluding hydrogens is 234 g/mol. The number of piperazine rings is 1. The first-order valence-electron chi connectivity index (χ1n) is 6.17. The van der Waals surface area contributed by atoms with Crippen molar-refractivity contribution >= 4 is 12.0 Å². The Morgan fingerprint density at radius 1 is 1.17 bits per heavy atom. The summed E-state index contributed by atoms with van der Waals surface area (Å²) in [7, 11) is 1.37. The molecule has 1 saturated heterocycles. The van der Waals surface area contributed by atoms with Crippen molar-refractivity contribution in [1.29, 1.82) is 0 Å². The minimum absolute atomic E-state index is 0.00434. The van der Waals surface area contributed by atoms with Crippen molar-refractivity contribution in [3.63, 3.8) is 0 Å². The molecule has 0 aromatic rings. The van der Waals surface area contributed by atoms with E-state index < -0.39 is 0 Å². The Kier molecular flexibility index (Phi) is 3.86. The number of carbonyl (C=O) groups excluding carboxylic acids is 2. The summed E-state index contributed by atoms with van der Waals surface area (Å²) in [6, 6.07) is -0.00434. The monoisotopic (exact) mass is 253 g/mol. The molecule has 1 fully saturated rings. The molecule has 1 aliphatic carbocycles. The molecule has 0 aromatic heterocycles. The van der Waals surface area contributed by atoms with E-state index in [4.69, 9.17) is 5.73 Å². The number of hydrogen-bond donors (Lipinski definition) is 1. The highest BCUT2D eigenvalue weighted by Crippen LogP contribution is 2.19. The van der Waals surface area contributed by atoms with Gasteiger partial charge >= 0.3 is 6.09 Å². The number of ether oxygens (including phenoxy) is 1. The van der Waals surface area contributed by atoms with Gasteiger partial charge in [-0.3, -0.25) is 4.79 Å². The molecule has 2 N–H and O–H groups in total. The standard InChI is InChI=1S/C12H19N3O3/c1-18-12(17)15-6-4-14(5-7-15)11(16)9-2-3-10(13)8-9/h2-3,9-10H,4-8,13H2,1H3. The molecule has 1 aliphatic heterocycles. The minimum Gasteiger partial charge on any atom is -0.453 e. The zero-order chi connectivity index (χ0) is 13.1. The van der Waals surface area contributed by atoms with Crippen LogP contribution in [0.3, 0.4) is 0 Å². The fourth-order valence-electron chi connectivity index (χ4n) is 2.38. The van der Waals surface area contributed by atoms with Gasteiger partial charge in [0.25, 0.3) is 0 Å². The zero-order valence-electron chi connectivity index (χ0n) is 10.5. The minimum atomic E-state index is -0.329. The Bertz CT molecular complexity index is 362. The molecule has 18 heavy (non-hydrogen) atoms. The van der Waals surface area contributed by atoms with Crippen LogP contribution in [-0.2, 0) is 9.53 Å². The smallest absolute Gasteiger partial charge is 0.409 e. The van der Waals surface area contributed by atoms with E-state index in [1.54, 1.807) is 9.80 Å². The topological polar surface area (TPSA) is 75.9 Å². The van der Waals surface area contributed by atoms with Crippen molar-refractivity contribution in [3.05, 3.63) is 12.2 Å². The molecule has 0 saturated carbocycles. The van der Waals surface area contributed by atoms with Gasteiger partial charge in [0.15, 0.2) is 0 Å². The summed E-state index contributed by atoms with van der Waals surface area (Å²) in [5, 5.41) is 0. The second kappa shape index (κ2) is 5.39. The van der Waals surface area contributed by atoms with E-state index in [1.165, 1.54) is 7.11 Å². The van der Waals surface area contributed by atoms with Gasteiger partial charge in [-0.15, -0.1) is 0 Å². The lowest BCUT2D eigenvalue weighted by molar-refractivity contribution is -0.135. The maximum atomic E-state index is 12.2. The third kappa shape index (κ3) is 2.64. The molecule has 2 amide bonds. The van der Waals surface area contributed by atoms with Crippen LogP contribution in [0.1, 0.15) is 6.42 Å². The molecule has 0 bridgehead atoms. The quantitative estimate of drug-likeness (QED) is 0.657. The summed E-state index contributed by atoms with van der Waals surface area (Å²) in [6.45, 7) is 2.18. The van der Waals surface area contributed by atoms with Crippen LogP contribution in [0.4, 0.5) is 4.79 Å². The average molecular weight is 253 g/mol. The summed E-state index contributed by atoms with van der Waals surface area (Å²) in [5.41, 5.74) is 5.75. The third-order valence-electron chi connectivity index (χ3n) is 3.46. The second-order valence-electron chi connectivity index (χ2n) is 4.67. The predicted octanol–water partition coefficient (Wildman–Crippen LogP) is -0.200. The largest absolute Gasteiger partial charge is 0.453 e. The first-order chi connectivity index (χ1) is 8.61. The molecule has 2 unspecified atom stereocenters. The Labute approximate surface area is 106 Å². The number of amides is 2. The van der Waals surface area contributed by atoms with E-state index >= 15 is 0 Å². The number of nitrogens with zero attached hydrogens (tertiary/aromatic N) is 2. The van der Waals surface area contributed by atoms with Gasteiger partial charge < -0.3 is 20.3 Å². The van der Waals surface area contributed by atoms with Crippen molar-refractivity contribution in [1.82, 2.24) is 9.80 Å². The van der Waals surface area contributed by atoms with Gasteiger partial charge in [-0.2, -0.15) is 0 Å². The molecule has 0 spiro atoms. The highest BCUT2D eigenvalue weighted by molar-refractivity contribution is 5.81. The zero-order valence-corrected chi connectivity index (χ0v) is 10.5. The molecule has 1 heterocycles. The van der Waals surface area contributed by atoms with Crippen LogP contribution in [0.15, 0.2) is 12.2 Å². The van der Waals surface area contributed by atoms with Gasteiger partial charge in [0.1, 0.15) is 0 Å². The van der Waals surface area contributed by atoms with E-state index in [0.717, 1.165) is 0 Å². The van der Waals surface area contributed by atoms with Crippen molar-refractivity contribution in [2.75, 3.05) is 33.3 Å². The van der Waals surface area contributed by atoms with Crippen molar-refractivity contribution in [3.8, 4) is 0 Å². The molecule has 2 rings (SSSR count). The van der Waals surface area contributed by atoms with E-state index in [-0.39, 0.29) is 24.0 Å². The summed E-state index contributed by atoms with van der Waals surface area (Å²) in [5.74, 6) is 0.0217. The van der Waals surface area contributed by atoms with Crippen molar-refractivity contribution in [2.24, 2.45) is 11.7 Å². The Balaban J connectivity index is 1.84. The van der Waals surface area contributed by atoms with Gasteiger partial charge in [-0.1, -0.05) is 12.2 Å². The normalized spacial score (nSPS) is 27.4. The van der Waals surface area contributed by atoms with Crippen LogP contribution in [0.2, 0.25) is 0 Å². The predicted molar refractivity (Wildman–Crippen MR) is 65.8 cm³/mol. The van der Waals surface area contributed by atoms with E-state index in [1.807, 2.05) is 12.2 Å². The fraction of sp³-hybridized carbons (Fsp3) is 0.667. The van der Waals surface area contributed by atoms with Gasteiger partial charge in [0.2, 0.25) is 5.91 Å². The number of hydrogen-bond acceptors (Lipinski definition) is 4. The highest BCUT2D eigenvalue weighted by Gasteiger charge is 2.30. The Hall–Kier alpha value is -1.56. The van der Waals surface area contributed by atoms with Crippen molar-refractivity contribution in [2.45, 2.75) is 12.5 Å². The maximum Gasteiger partial charge on any atom is 0.409 e. The van der Waals surface area contributed by atoms with E-state index in [2.05, 4.69) is 4.74 Å². The van der Waals surface area contributed by atoms with Crippen molar-refractivity contribution < 1.29 is 14.3 Å². The van der Waals surface area contributed by atoms with E-state index in [9.17, 15) is 9.59 Å².